The quantitative estimate of drug-likeness (QED) is 0.717. The minimum Gasteiger partial charge on any atom is -0.497 e. The summed E-state index contributed by atoms with van der Waals surface area (Å²) in [5.74, 6) is 1.50. The number of benzene rings is 1. The monoisotopic (exact) mass is 393 g/mol. The Morgan fingerprint density at radius 2 is 1.81 bits per heavy atom. The Morgan fingerprint density at radius 1 is 1.15 bits per heavy atom. The van der Waals surface area contributed by atoms with Crippen LogP contribution < -0.4 is 9.47 Å². The lowest BCUT2D eigenvalue weighted by Crippen LogP contribution is -2.44. The Hall–Kier alpha value is -2.48. The first-order valence-electron chi connectivity index (χ1n) is 8.76. The van der Waals surface area contributed by atoms with Crippen LogP contribution in [0, 0.1) is 0 Å². The summed E-state index contributed by atoms with van der Waals surface area (Å²) in [6, 6.07) is 10.3. The molecule has 0 atom stereocenters. The van der Waals surface area contributed by atoms with Gasteiger partial charge in [-0.1, -0.05) is 0 Å². The van der Waals surface area contributed by atoms with Gasteiger partial charge >= 0.3 is 0 Å². The van der Waals surface area contributed by atoms with E-state index in [9.17, 15) is 13.2 Å². The third-order valence-corrected chi connectivity index (χ3v) is 6.82. The molecule has 146 valence electrons. The summed E-state index contributed by atoms with van der Waals surface area (Å²) in [7, 11) is -1.71. The van der Waals surface area contributed by atoms with E-state index in [-0.39, 0.29) is 18.3 Å². The zero-order chi connectivity index (χ0) is 19.3. The molecule has 2 aromatic rings. The minimum atomic E-state index is -3.29. The maximum absolute atomic E-state index is 12.5. The second kappa shape index (κ2) is 8.47. The molecule has 0 aliphatic carbocycles. The van der Waals surface area contributed by atoms with Gasteiger partial charge in [0.15, 0.2) is 16.4 Å². The summed E-state index contributed by atoms with van der Waals surface area (Å²) in [4.78, 5) is 14.0. The van der Waals surface area contributed by atoms with Crippen molar-refractivity contribution in [3.8, 4) is 11.5 Å². The molecule has 1 amide bonds. The lowest BCUT2D eigenvalue weighted by Gasteiger charge is -2.31. The van der Waals surface area contributed by atoms with Crippen LogP contribution >= 0.6 is 0 Å². The van der Waals surface area contributed by atoms with Crippen molar-refractivity contribution in [1.82, 2.24) is 4.90 Å². The van der Waals surface area contributed by atoms with Gasteiger partial charge in [-0.2, -0.15) is 0 Å². The van der Waals surface area contributed by atoms with Crippen molar-refractivity contribution in [2.45, 2.75) is 23.8 Å². The smallest absolute Gasteiger partial charge is 0.260 e. The lowest BCUT2D eigenvalue weighted by molar-refractivity contribution is -0.134. The van der Waals surface area contributed by atoms with Gasteiger partial charge in [0, 0.05) is 13.1 Å². The third kappa shape index (κ3) is 5.03. The molecule has 0 unspecified atom stereocenters. The highest BCUT2D eigenvalue weighted by Crippen LogP contribution is 2.22. The van der Waals surface area contributed by atoms with Gasteiger partial charge in [0.2, 0.25) is 0 Å². The molecule has 0 saturated carbocycles. The molecule has 1 saturated heterocycles. The molecule has 1 aliphatic rings. The van der Waals surface area contributed by atoms with E-state index in [0.717, 1.165) is 0 Å². The van der Waals surface area contributed by atoms with E-state index in [0.29, 0.717) is 43.2 Å². The van der Waals surface area contributed by atoms with Crippen molar-refractivity contribution < 1.29 is 27.1 Å². The number of rotatable bonds is 7. The molecule has 0 radical (unpaired) electrons. The number of amides is 1. The van der Waals surface area contributed by atoms with E-state index in [1.165, 1.54) is 6.26 Å². The predicted molar refractivity (Wildman–Crippen MR) is 99.4 cm³/mol. The van der Waals surface area contributed by atoms with E-state index in [2.05, 4.69) is 0 Å². The van der Waals surface area contributed by atoms with Gasteiger partial charge in [0.1, 0.15) is 23.0 Å². The molecule has 0 bridgehead atoms. The van der Waals surface area contributed by atoms with E-state index in [4.69, 9.17) is 13.9 Å². The number of methoxy groups -OCH3 is 1. The predicted octanol–water partition coefficient (Wildman–Crippen LogP) is 2.27. The summed E-state index contributed by atoms with van der Waals surface area (Å²) in [6.45, 7) is 0.746. The number of sulfone groups is 1. The molecule has 2 heterocycles. The number of carbonyl (C=O) groups excluding carboxylic acids is 1. The first kappa shape index (κ1) is 19.3. The van der Waals surface area contributed by atoms with Crippen LogP contribution in [0.4, 0.5) is 0 Å². The van der Waals surface area contributed by atoms with Gasteiger partial charge < -0.3 is 18.8 Å². The average Bonchev–Trinajstić information content (AvgIpc) is 3.19. The molecule has 1 fully saturated rings. The molecule has 1 aromatic heterocycles. The van der Waals surface area contributed by atoms with Crippen LogP contribution in [0.2, 0.25) is 0 Å². The summed E-state index contributed by atoms with van der Waals surface area (Å²) >= 11 is 0. The fourth-order valence-corrected chi connectivity index (χ4v) is 4.81. The Labute approximate surface area is 158 Å². The molecule has 3 rings (SSSR count). The zero-order valence-corrected chi connectivity index (χ0v) is 16.0. The Kier molecular flexibility index (Phi) is 6.05. The summed E-state index contributed by atoms with van der Waals surface area (Å²) in [5.41, 5.74) is 0. The van der Waals surface area contributed by atoms with E-state index in [1.54, 1.807) is 48.4 Å². The van der Waals surface area contributed by atoms with Gasteiger partial charge in [0.05, 0.1) is 18.6 Å². The van der Waals surface area contributed by atoms with Crippen LogP contribution in [-0.4, -0.2) is 51.3 Å². The molecule has 7 nitrogen and oxygen atoms in total. The van der Waals surface area contributed by atoms with Gasteiger partial charge in [0.25, 0.3) is 5.91 Å². The second-order valence-electron chi connectivity index (χ2n) is 6.43. The van der Waals surface area contributed by atoms with Crippen molar-refractivity contribution in [2.24, 2.45) is 0 Å². The first-order valence-corrected chi connectivity index (χ1v) is 10.5. The fourth-order valence-electron chi connectivity index (χ4n) is 3.08. The summed E-state index contributed by atoms with van der Waals surface area (Å²) in [6.07, 6.45) is 2.32. The van der Waals surface area contributed by atoms with Crippen molar-refractivity contribution in [2.75, 3.05) is 26.8 Å². The molecule has 1 aliphatic heterocycles. The maximum atomic E-state index is 12.5. The van der Waals surface area contributed by atoms with Crippen LogP contribution in [-0.2, 0) is 20.4 Å². The summed E-state index contributed by atoms with van der Waals surface area (Å²) in [5, 5.41) is -0.450. The van der Waals surface area contributed by atoms with Crippen LogP contribution in [0.15, 0.2) is 47.1 Å². The van der Waals surface area contributed by atoms with Gasteiger partial charge in [-0.25, -0.2) is 8.42 Å². The number of likely N-dealkylation sites (tertiary alicyclic amines) is 1. The Bertz CT molecular complexity index is 837. The average molecular weight is 393 g/mol. The standard InChI is InChI=1S/C19H23NO6S/c1-24-15-4-6-16(7-5-15)26-13-19(21)20-10-8-18(9-11-20)27(22,23)14-17-3-2-12-25-17/h2-7,12,18H,8-11,13-14H2,1H3. The number of furan rings is 1. The van der Waals surface area contributed by atoms with Crippen LogP contribution in [0.25, 0.3) is 0 Å². The molecule has 8 heteroatoms. The normalized spacial score (nSPS) is 15.5. The van der Waals surface area contributed by atoms with Crippen molar-refractivity contribution in [1.29, 1.82) is 0 Å². The van der Waals surface area contributed by atoms with Crippen molar-refractivity contribution in [3.63, 3.8) is 0 Å². The van der Waals surface area contributed by atoms with Gasteiger partial charge in [-0.3, -0.25) is 4.79 Å². The second-order valence-corrected chi connectivity index (χ2v) is 8.71. The number of nitrogens with zero attached hydrogens (tertiary/aromatic N) is 1. The van der Waals surface area contributed by atoms with Gasteiger partial charge in [-0.05, 0) is 49.2 Å². The largest absolute Gasteiger partial charge is 0.497 e. The number of hydrogen-bond donors (Lipinski definition) is 0. The molecule has 0 spiro atoms. The molecule has 1 aromatic carbocycles. The topological polar surface area (TPSA) is 86.0 Å². The maximum Gasteiger partial charge on any atom is 0.260 e. The number of piperidine rings is 1. The van der Waals surface area contributed by atoms with E-state index >= 15 is 0 Å². The molecule has 27 heavy (non-hydrogen) atoms. The zero-order valence-electron chi connectivity index (χ0n) is 15.2. The van der Waals surface area contributed by atoms with E-state index in [1.807, 2.05) is 0 Å². The lowest BCUT2D eigenvalue weighted by atomic mass is 10.1. The highest BCUT2D eigenvalue weighted by atomic mass is 32.2. The van der Waals surface area contributed by atoms with E-state index < -0.39 is 15.1 Å². The molecule has 0 N–H and O–H groups in total. The Morgan fingerprint density at radius 3 is 2.41 bits per heavy atom. The third-order valence-electron chi connectivity index (χ3n) is 4.65. The van der Waals surface area contributed by atoms with Gasteiger partial charge in [-0.15, -0.1) is 0 Å². The van der Waals surface area contributed by atoms with Crippen molar-refractivity contribution in [3.05, 3.63) is 48.4 Å². The number of hydrogen-bond acceptors (Lipinski definition) is 6. The number of ether oxygens (including phenoxy) is 2. The van der Waals surface area contributed by atoms with Crippen LogP contribution in [0.3, 0.4) is 0 Å². The minimum absolute atomic E-state index is 0.0733. The van der Waals surface area contributed by atoms with Crippen LogP contribution in [0.1, 0.15) is 18.6 Å². The van der Waals surface area contributed by atoms with Crippen LogP contribution in [0.5, 0.6) is 11.5 Å². The highest BCUT2D eigenvalue weighted by Gasteiger charge is 2.32. The Balaban J connectivity index is 1.47. The SMILES string of the molecule is COc1ccc(OCC(=O)N2CCC(S(=O)(=O)Cc3ccco3)CC2)cc1. The highest BCUT2D eigenvalue weighted by molar-refractivity contribution is 7.91. The molecular formula is C19H23NO6S. The first-order chi connectivity index (χ1) is 13.0. The van der Waals surface area contributed by atoms with Crippen molar-refractivity contribution >= 4 is 15.7 Å². The fraction of sp³-hybridized carbons (Fsp3) is 0.421. The molecular weight excluding hydrogens is 370 g/mol. The summed E-state index contributed by atoms with van der Waals surface area (Å²) < 4.78 is 40.7. The number of carbonyl (C=O) groups is 1.